The number of nitrogens with one attached hydrogen (secondary N) is 2. The summed E-state index contributed by atoms with van der Waals surface area (Å²) in [6.45, 7) is 1.76. The lowest BCUT2D eigenvalue weighted by atomic mass is 10.0. The third-order valence-corrected chi connectivity index (χ3v) is 3.26. The lowest BCUT2D eigenvalue weighted by Crippen LogP contribution is -2.43. The van der Waals surface area contributed by atoms with Gasteiger partial charge in [-0.2, -0.15) is 0 Å². The maximum absolute atomic E-state index is 11.7. The minimum Gasteiger partial charge on any atom is -0.508 e. The molecule has 98 valence electrons. The number of phenolic OH excluding ortho intramolecular Hbond substituents is 1. The molecule has 0 saturated carbocycles. The molecule has 1 atom stereocenters. The highest BCUT2D eigenvalue weighted by molar-refractivity contribution is 5.78. The van der Waals surface area contributed by atoms with Crippen molar-refractivity contribution in [2.75, 3.05) is 13.1 Å². The van der Waals surface area contributed by atoms with Crippen LogP contribution in [0.2, 0.25) is 0 Å². The Morgan fingerprint density at radius 3 is 2.78 bits per heavy atom. The molecule has 0 spiro atoms. The van der Waals surface area contributed by atoms with Crippen LogP contribution in [0.25, 0.3) is 0 Å². The lowest BCUT2D eigenvalue weighted by molar-refractivity contribution is -0.120. The molecule has 3 N–H and O–H groups in total. The standard InChI is InChI=1S/C14H20N2O2/c17-13-6-4-11(5-7-13)9-14(18)16-10-12-3-1-2-8-15-12/h4-7,12,15,17H,1-3,8-10H2,(H,16,18). The van der Waals surface area contributed by atoms with Crippen LogP contribution in [0, 0.1) is 0 Å². The molecule has 4 nitrogen and oxygen atoms in total. The zero-order chi connectivity index (χ0) is 12.8. The van der Waals surface area contributed by atoms with Crippen LogP contribution >= 0.6 is 0 Å². The largest absolute Gasteiger partial charge is 0.508 e. The number of carbonyl (C=O) groups is 1. The number of benzene rings is 1. The average molecular weight is 248 g/mol. The van der Waals surface area contributed by atoms with Crippen molar-refractivity contribution in [1.82, 2.24) is 10.6 Å². The summed E-state index contributed by atoms with van der Waals surface area (Å²) in [7, 11) is 0. The molecule has 18 heavy (non-hydrogen) atoms. The van der Waals surface area contributed by atoms with Crippen molar-refractivity contribution in [3.05, 3.63) is 29.8 Å². The second-order valence-electron chi connectivity index (χ2n) is 4.79. The summed E-state index contributed by atoms with van der Waals surface area (Å²) in [4.78, 5) is 11.7. The molecule has 1 fully saturated rings. The van der Waals surface area contributed by atoms with E-state index in [-0.39, 0.29) is 11.7 Å². The van der Waals surface area contributed by atoms with E-state index in [9.17, 15) is 4.79 Å². The number of piperidine rings is 1. The van der Waals surface area contributed by atoms with Gasteiger partial charge in [0.15, 0.2) is 0 Å². The number of phenols is 1. The molecular weight excluding hydrogens is 228 g/mol. The minimum absolute atomic E-state index is 0.0352. The van der Waals surface area contributed by atoms with Gasteiger partial charge in [-0.05, 0) is 37.1 Å². The number of carbonyl (C=O) groups excluding carboxylic acids is 1. The molecule has 1 aliphatic heterocycles. The van der Waals surface area contributed by atoms with Crippen LogP contribution in [-0.2, 0) is 11.2 Å². The van der Waals surface area contributed by atoms with Crippen molar-refractivity contribution < 1.29 is 9.90 Å². The molecule has 1 unspecified atom stereocenters. The van der Waals surface area contributed by atoms with Gasteiger partial charge in [-0.15, -0.1) is 0 Å². The molecule has 1 aliphatic rings. The van der Waals surface area contributed by atoms with Gasteiger partial charge in [0.05, 0.1) is 6.42 Å². The molecular formula is C14H20N2O2. The van der Waals surface area contributed by atoms with Gasteiger partial charge in [-0.25, -0.2) is 0 Å². The maximum Gasteiger partial charge on any atom is 0.224 e. The fourth-order valence-electron chi connectivity index (χ4n) is 2.20. The second kappa shape index (κ2) is 6.40. The number of hydrogen-bond donors (Lipinski definition) is 3. The molecule has 0 bridgehead atoms. The summed E-state index contributed by atoms with van der Waals surface area (Å²) in [5.41, 5.74) is 0.918. The predicted octanol–water partition coefficient (Wildman–Crippen LogP) is 1.19. The Morgan fingerprint density at radius 2 is 2.11 bits per heavy atom. The zero-order valence-corrected chi connectivity index (χ0v) is 10.5. The molecule has 1 saturated heterocycles. The molecule has 1 amide bonds. The van der Waals surface area contributed by atoms with E-state index < -0.39 is 0 Å². The number of amides is 1. The van der Waals surface area contributed by atoms with Gasteiger partial charge >= 0.3 is 0 Å². The highest BCUT2D eigenvalue weighted by Crippen LogP contribution is 2.10. The van der Waals surface area contributed by atoms with Gasteiger partial charge in [0.25, 0.3) is 0 Å². The van der Waals surface area contributed by atoms with Crippen LogP contribution in [0.3, 0.4) is 0 Å². The third-order valence-electron chi connectivity index (χ3n) is 3.26. The first-order valence-electron chi connectivity index (χ1n) is 6.52. The maximum atomic E-state index is 11.7. The van der Waals surface area contributed by atoms with Crippen molar-refractivity contribution in [2.45, 2.75) is 31.7 Å². The molecule has 0 aromatic heterocycles. The van der Waals surface area contributed by atoms with Crippen LogP contribution in [0.5, 0.6) is 5.75 Å². The Balaban J connectivity index is 1.73. The van der Waals surface area contributed by atoms with Crippen molar-refractivity contribution in [3.8, 4) is 5.75 Å². The molecule has 4 heteroatoms. The van der Waals surface area contributed by atoms with E-state index in [1.54, 1.807) is 24.3 Å². The Hall–Kier alpha value is -1.55. The fourth-order valence-corrected chi connectivity index (χ4v) is 2.20. The highest BCUT2D eigenvalue weighted by atomic mass is 16.3. The van der Waals surface area contributed by atoms with Crippen LogP contribution in [0.4, 0.5) is 0 Å². The summed E-state index contributed by atoms with van der Waals surface area (Å²) in [6.07, 6.45) is 3.98. The monoisotopic (exact) mass is 248 g/mol. The number of hydrogen-bond acceptors (Lipinski definition) is 3. The summed E-state index contributed by atoms with van der Waals surface area (Å²) < 4.78 is 0. The molecule has 1 aromatic carbocycles. The average Bonchev–Trinajstić information content (AvgIpc) is 2.40. The Labute approximate surface area is 107 Å². The van der Waals surface area contributed by atoms with Crippen molar-refractivity contribution in [2.24, 2.45) is 0 Å². The van der Waals surface area contributed by atoms with Crippen LogP contribution in [0.15, 0.2) is 24.3 Å². The Morgan fingerprint density at radius 1 is 1.33 bits per heavy atom. The SMILES string of the molecule is O=C(Cc1ccc(O)cc1)NCC1CCCCN1. The van der Waals surface area contributed by atoms with Crippen molar-refractivity contribution in [3.63, 3.8) is 0 Å². The van der Waals surface area contributed by atoms with Crippen molar-refractivity contribution in [1.29, 1.82) is 0 Å². The van der Waals surface area contributed by atoms with E-state index in [0.717, 1.165) is 18.5 Å². The summed E-state index contributed by atoms with van der Waals surface area (Å²) >= 11 is 0. The Kier molecular flexibility index (Phi) is 4.59. The van der Waals surface area contributed by atoms with E-state index in [4.69, 9.17) is 5.11 Å². The topological polar surface area (TPSA) is 61.4 Å². The smallest absolute Gasteiger partial charge is 0.224 e. The summed E-state index contributed by atoms with van der Waals surface area (Å²) in [5.74, 6) is 0.263. The lowest BCUT2D eigenvalue weighted by Gasteiger charge is -2.23. The molecule has 2 rings (SSSR count). The van der Waals surface area contributed by atoms with Crippen LogP contribution < -0.4 is 10.6 Å². The molecule has 1 heterocycles. The highest BCUT2D eigenvalue weighted by Gasteiger charge is 2.13. The van der Waals surface area contributed by atoms with E-state index in [1.165, 1.54) is 12.8 Å². The minimum atomic E-state index is 0.0352. The third kappa shape index (κ3) is 4.04. The first-order valence-corrected chi connectivity index (χ1v) is 6.52. The van der Waals surface area contributed by atoms with Gasteiger partial charge in [0, 0.05) is 12.6 Å². The Bertz CT molecular complexity index is 383. The van der Waals surface area contributed by atoms with Crippen molar-refractivity contribution >= 4 is 5.91 Å². The summed E-state index contributed by atoms with van der Waals surface area (Å²) in [5, 5.41) is 15.5. The molecule has 1 aromatic rings. The molecule has 0 aliphatic carbocycles. The predicted molar refractivity (Wildman–Crippen MR) is 70.5 cm³/mol. The van der Waals surface area contributed by atoms with Gasteiger partial charge in [-0.1, -0.05) is 18.6 Å². The first kappa shape index (κ1) is 12.9. The first-order chi connectivity index (χ1) is 8.74. The van der Waals surface area contributed by atoms with Gasteiger partial charge in [0.2, 0.25) is 5.91 Å². The molecule has 0 radical (unpaired) electrons. The van der Waals surface area contributed by atoms with Gasteiger partial charge in [0.1, 0.15) is 5.75 Å². The van der Waals surface area contributed by atoms with Crippen LogP contribution in [0.1, 0.15) is 24.8 Å². The van der Waals surface area contributed by atoms with E-state index >= 15 is 0 Å². The quantitative estimate of drug-likeness (QED) is 0.750. The number of aromatic hydroxyl groups is 1. The van der Waals surface area contributed by atoms with E-state index in [1.807, 2.05) is 0 Å². The van der Waals surface area contributed by atoms with Gasteiger partial charge < -0.3 is 15.7 Å². The van der Waals surface area contributed by atoms with Crippen LogP contribution in [-0.4, -0.2) is 30.1 Å². The zero-order valence-electron chi connectivity index (χ0n) is 10.5. The normalized spacial score (nSPS) is 19.4. The van der Waals surface area contributed by atoms with E-state index in [0.29, 0.717) is 19.0 Å². The van der Waals surface area contributed by atoms with Gasteiger partial charge in [-0.3, -0.25) is 4.79 Å². The van der Waals surface area contributed by atoms with E-state index in [2.05, 4.69) is 10.6 Å². The second-order valence-corrected chi connectivity index (χ2v) is 4.79. The number of rotatable bonds is 4. The summed E-state index contributed by atoms with van der Waals surface area (Å²) in [6, 6.07) is 7.17. The fraction of sp³-hybridized carbons (Fsp3) is 0.500.